The molecule has 4 rings (SSSR count). The van der Waals surface area contributed by atoms with Crippen LogP contribution in [0.4, 0.5) is 10.6 Å². The van der Waals surface area contributed by atoms with Crippen molar-refractivity contribution in [1.82, 2.24) is 15.0 Å². The molecule has 2 amide bonds. The highest BCUT2D eigenvalue weighted by atomic mass is 32.1. The molecule has 1 N–H and O–H groups in total. The molecule has 2 aliphatic rings. The van der Waals surface area contributed by atoms with E-state index in [0.29, 0.717) is 23.5 Å². The lowest BCUT2D eigenvalue weighted by molar-refractivity contribution is 0.213. The van der Waals surface area contributed by atoms with Gasteiger partial charge in [0, 0.05) is 25.2 Å². The number of rotatable bonds is 2. The van der Waals surface area contributed by atoms with Crippen LogP contribution in [0.1, 0.15) is 6.42 Å². The molecule has 2 saturated heterocycles. The van der Waals surface area contributed by atoms with Crippen LogP contribution < -0.4 is 5.32 Å². The zero-order valence-corrected chi connectivity index (χ0v) is 13.2. The Bertz CT molecular complexity index is 669. The molecule has 0 unspecified atom stereocenters. The first kappa shape index (κ1) is 13.8. The highest BCUT2D eigenvalue weighted by Gasteiger charge is 2.41. The Balaban J connectivity index is 1.41. The number of hydrogen-bond acceptors (Lipinski definition) is 5. The van der Waals surface area contributed by atoms with E-state index in [1.54, 1.807) is 17.4 Å². The van der Waals surface area contributed by atoms with Crippen LogP contribution >= 0.6 is 11.3 Å². The van der Waals surface area contributed by atoms with Crippen LogP contribution in [0.25, 0.3) is 10.6 Å². The molecule has 7 heteroatoms. The number of likely N-dealkylation sites (N-methyl/N-ethyl adjacent to an activating group) is 1. The summed E-state index contributed by atoms with van der Waals surface area (Å²) in [5.41, 5.74) is 0. The standard InChI is InChI=1S/C15H18N4O2S/c1-18-5-4-10-8-19(9-11(10)18)15(20)16-14-7-12(21-17-14)13-3-2-6-22-13/h2-3,6-7,10-11H,4-5,8-9H2,1H3,(H,16,17,20)/t10-,11+/m1/s1. The second kappa shape index (κ2) is 5.40. The van der Waals surface area contributed by atoms with Gasteiger partial charge in [-0.3, -0.25) is 5.32 Å². The van der Waals surface area contributed by atoms with Crippen molar-refractivity contribution >= 4 is 23.2 Å². The van der Waals surface area contributed by atoms with E-state index in [-0.39, 0.29) is 6.03 Å². The molecule has 2 aliphatic heterocycles. The minimum absolute atomic E-state index is 0.0890. The third kappa shape index (κ3) is 2.40. The van der Waals surface area contributed by atoms with E-state index in [1.807, 2.05) is 22.4 Å². The summed E-state index contributed by atoms with van der Waals surface area (Å²) in [6.07, 6.45) is 1.18. The molecule has 2 fully saturated rings. The summed E-state index contributed by atoms with van der Waals surface area (Å²) >= 11 is 1.58. The third-order valence-corrected chi connectivity index (χ3v) is 5.51. The van der Waals surface area contributed by atoms with E-state index in [0.717, 1.165) is 24.5 Å². The molecule has 6 nitrogen and oxygen atoms in total. The molecule has 0 aromatic carbocycles. The van der Waals surface area contributed by atoms with Gasteiger partial charge in [-0.1, -0.05) is 11.2 Å². The van der Waals surface area contributed by atoms with Gasteiger partial charge in [-0.15, -0.1) is 11.3 Å². The highest BCUT2D eigenvalue weighted by Crippen LogP contribution is 2.31. The average molecular weight is 318 g/mol. The van der Waals surface area contributed by atoms with Crippen LogP contribution in [-0.4, -0.2) is 53.7 Å². The predicted octanol–water partition coefficient (Wildman–Crippen LogP) is 2.57. The molecule has 0 radical (unpaired) electrons. The molecule has 4 heterocycles. The number of fused-ring (bicyclic) bond motifs is 1. The van der Waals surface area contributed by atoms with Crippen molar-refractivity contribution < 1.29 is 9.32 Å². The van der Waals surface area contributed by atoms with Gasteiger partial charge >= 0.3 is 6.03 Å². The highest BCUT2D eigenvalue weighted by molar-refractivity contribution is 7.13. The van der Waals surface area contributed by atoms with Crippen molar-refractivity contribution in [1.29, 1.82) is 0 Å². The molecule has 116 valence electrons. The van der Waals surface area contributed by atoms with E-state index >= 15 is 0 Å². The number of carbonyl (C=O) groups excluding carboxylic acids is 1. The number of urea groups is 1. The molecular weight excluding hydrogens is 300 g/mol. The van der Waals surface area contributed by atoms with E-state index in [2.05, 4.69) is 22.4 Å². The van der Waals surface area contributed by atoms with E-state index < -0.39 is 0 Å². The Kier molecular flexibility index (Phi) is 3.38. The second-order valence-corrected chi connectivity index (χ2v) is 6.93. The lowest BCUT2D eigenvalue weighted by Crippen LogP contribution is -2.37. The van der Waals surface area contributed by atoms with Crippen molar-refractivity contribution in [2.24, 2.45) is 5.92 Å². The molecular formula is C15H18N4O2S. The van der Waals surface area contributed by atoms with E-state index in [9.17, 15) is 4.79 Å². The number of aromatic nitrogens is 1. The Labute approximate surface area is 132 Å². The Morgan fingerprint density at radius 3 is 3.18 bits per heavy atom. The Hall–Kier alpha value is -1.86. The first-order valence-electron chi connectivity index (χ1n) is 7.47. The smallest absolute Gasteiger partial charge is 0.323 e. The number of nitrogens with zero attached hydrogens (tertiary/aromatic N) is 3. The number of hydrogen-bond donors (Lipinski definition) is 1. The quantitative estimate of drug-likeness (QED) is 0.924. The van der Waals surface area contributed by atoms with Gasteiger partial charge in [0.05, 0.1) is 4.88 Å². The molecule has 0 bridgehead atoms. The van der Waals surface area contributed by atoms with Gasteiger partial charge in [0.1, 0.15) is 0 Å². The molecule has 0 aliphatic carbocycles. The van der Waals surface area contributed by atoms with Crippen molar-refractivity contribution in [2.75, 3.05) is 32.0 Å². The van der Waals surface area contributed by atoms with Gasteiger partial charge in [0.2, 0.25) is 0 Å². The van der Waals surface area contributed by atoms with Crippen molar-refractivity contribution in [3.8, 4) is 10.6 Å². The van der Waals surface area contributed by atoms with Crippen molar-refractivity contribution in [3.05, 3.63) is 23.6 Å². The summed E-state index contributed by atoms with van der Waals surface area (Å²) in [6.45, 7) is 2.76. The first-order chi connectivity index (χ1) is 10.7. The maximum Gasteiger partial charge on any atom is 0.323 e. The number of amides is 2. The zero-order valence-electron chi connectivity index (χ0n) is 12.4. The van der Waals surface area contributed by atoms with E-state index in [4.69, 9.17) is 4.52 Å². The number of anilines is 1. The van der Waals surface area contributed by atoms with Crippen LogP contribution in [0.15, 0.2) is 28.1 Å². The van der Waals surface area contributed by atoms with Gasteiger partial charge in [-0.25, -0.2) is 4.79 Å². The topological polar surface area (TPSA) is 61.6 Å². The maximum absolute atomic E-state index is 12.4. The number of thiophene rings is 1. The number of nitrogens with one attached hydrogen (secondary N) is 1. The Morgan fingerprint density at radius 2 is 2.41 bits per heavy atom. The summed E-state index contributed by atoms with van der Waals surface area (Å²) in [5, 5.41) is 8.75. The third-order valence-electron chi connectivity index (χ3n) is 4.62. The minimum atomic E-state index is -0.0890. The molecule has 2 atom stereocenters. The zero-order chi connectivity index (χ0) is 15.1. The largest absolute Gasteiger partial charge is 0.353 e. The summed E-state index contributed by atoms with van der Waals surface area (Å²) < 4.78 is 5.28. The van der Waals surface area contributed by atoms with Gasteiger partial charge in [-0.05, 0) is 37.4 Å². The summed E-state index contributed by atoms with van der Waals surface area (Å²) in [4.78, 5) is 17.6. The van der Waals surface area contributed by atoms with Gasteiger partial charge in [0.15, 0.2) is 11.6 Å². The van der Waals surface area contributed by atoms with Crippen molar-refractivity contribution in [3.63, 3.8) is 0 Å². The molecule has 2 aromatic heterocycles. The van der Waals surface area contributed by atoms with Gasteiger partial charge in [-0.2, -0.15) is 0 Å². The van der Waals surface area contributed by atoms with Crippen LogP contribution in [0.3, 0.4) is 0 Å². The SMILES string of the molecule is CN1CC[C@@H]2CN(C(=O)Nc3cc(-c4cccs4)on3)C[C@@H]21. The summed E-state index contributed by atoms with van der Waals surface area (Å²) in [7, 11) is 2.14. The van der Waals surface area contributed by atoms with Crippen LogP contribution in [-0.2, 0) is 0 Å². The summed E-state index contributed by atoms with van der Waals surface area (Å²) in [5.74, 6) is 1.76. The van der Waals surface area contributed by atoms with Gasteiger partial charge in [0.25, 0.3) is 0 Å². The van der Waals surface area contributed by atoms with Crippen molar-refractivity contribution in [2.45, 2.75) is 12.5 Å². The molecule has 2 aromatic rings. The maximum atomic E-state index is 12.4. The molecule has 0 saturated carbocycles. The molecule has 0 spiro atoms. The monoisotopic (exact) mass is 318 g/mol. The van der Waals surface area contributed by atoms with Gasteiger partial charge < -0.3 is 14.3 Å². The fourth-order valence-corrected chi connectivity index (χ4v) is 4.07. The fraction of sp³-hybridized carbons (Fsp3) is 0.467. The van der Waals surface area contributed by atoms with Crippen LogP contribution in [0, 0.1) is 5.92 Å². The first-order valence-corrected chi connectivity index (χ1v) is 8.35. The average Bonchev–Trinajstić information content (AvgIpc) is 3.23. The fourth-order valence-electron chi connectivity index (χ4n) is 3.40. The number of likely N-dealkylation sites (tertiary alicyclic amines) is 2. The lowest BCUT2D eigenvalue weighted by atomic mass is 10.1. The Morgan fingerprint density at radius 1 is 1.50 bits per heavy atom. The minimum Gasteiger partial charge on any atom is -0.353 e. The predicted molar refractivity (Wildman–Crippen MR) is 84.9 cm³/mol. The van der Waals surface area contributed by atoms with E-state index in [1.165, 1.54) is 6.42 Å². The van der Waals surface area contributed by atoms with Crippen LogP contribution in [0.2, 0.25) is 0 Å². The number of carbonyl (C=O) groups is 1. The molecule has 22 heavy (non-hydrogen) atoms. The normalized spacial score (nSPS) is 24.7. The lowest BCUT2D eigenvalue weighted by Gasteiger charge is -2.20. The summed E-state index contributed by atoms with van der Waals surface area (Å²) in [6, 6.07) is 6.11. The second-order valence-electron chi connectivity index (χ2n) is 5.99. The van der Waals surface area contributed by atoms with Crippen LogP contribution in [0.5, 0.6) is 0 Å².